The van der Waals surface area contributed by atoms with E-state index in [1.54, 1.807) is 0 Å². The van der Waals surface area contributed by atoms with Crippen molar-refractivity contribution < 1.29 is 0 Å². The third kappa shape index (κ3) is 4.82. The maximum Gasteiger partial charge on any atom is 0.0368 e. The largest absolute Gasteiger partial charge is 0.372 e. The van der Waals surface area contributed by atoms with Gasteiger partial charge in [-0.05, 0) is 63.8 Å². The van der Waals surface area contributed by atoms with E-state index in [0.29, 0.717) is 12.0 Å². The Bertz CT molecular complexity index is 430. The summed E-state index contributed by atoms with van der Waals surface area (Å²) in [4.78, 5) is 2.37. The van der Waals surface area contributed by atoms with Crippen LogP contribution in [0.15, 0.2) is 18.2 Å². The summed E-state index contributed by atoms with van der Waals surface area (Å²) in [6, 6.07) is 7.35. The minimum Gasteiger partial charge on any atom is -0.372 e. The zero-order valence-electron chi connectivity index (χ0n) is 14.5. The van der Waals surface area contributed by atoms with Crippen LogP contribution in [-0.4, -0.2) is 18.6 Å². The first-order valence-corrected chi connectivity index (χ1v) is 7.69. The van der Waals surface area contributed by atoms with Gasteiger partial charge in [-0.25, -0.2) is 0 Å². The Morgan fingerprint density at radius 1 is 1.15 bits per heavy atom. The summed E-state index contributed by atoms with van der Waals surface area (Å²) in [5, 5.41) is 3.56. The quantitative estimate of drug-likeness (QED) is 0.859. The van der Waals surface area contributed by atoms with Crippen LogP contribution in [0.2, 0.25) is 0 Å². The Hall–Kier alpha value is -1.02. The van der Waals surface area contributed by atoms with Gasteiger partial charge in [0.2, 0.25) is 0 Å². The Labute approximate surface area is 125 Å². The van der Waals surface area contributed by atoms with Crippen LogP contribution in [0.25, 0.3) is 0 Å². The molecule has 0 aromatic heterocycles. The van der Waals surface area contributed by atoms with Crippen molar-refractivity contribution in [3.63, 3.8) is 0 Å². The smallest absolute Gasteiger partial charge is 0.0368 e. The zero-order chi connectivity index (χ0) is 15.5. The normalized spacial score (nSPS) is 13.7. The molecule has 1 aromatic carbocycles. The third-order valence-electron chi connectivity index (χ3n) is 4.12. The molecule has 0 aliphatic heterocycles. The Morgan fingerprint density at radius 3 is 2.20 bits per heavy atom. The second kappa shape index (κ2) is 6.62. The molecular formula is C18H32N2. The molecule has 0 fully saturated rings. The second-order valence-corrected chi connectivity index (χ2v) is 7.31. The van der Waals surface area contributed by atoms with Crippen molar-refractivity contribution in [2.75, 3.05) is 11.9 Å². The van der Waals surface area contributed by atoms with E-state index in [9.17, 15) is 0 Å². The van der Waals surface area contributed by atoms with Crippen molar-refractivity contribution in [3.05, 3.63) is 29.3 Å². The van der Waals surface area contributed by atoms with Crippen LogP contribution in [0.1, 0.15) is 52.7 Å². The SMILES string of the molecule is Cc1cc(N(C)C(C)C(C)C)ccc1CNC(C)(C)C. The lowest BCUT2D eigenvalue weighted by Gasteiger charge is -2.30. The van der Waals surface area contributed by atoms with Gasteiger partial charge in [0.1, 0.15) is 0 Å². The molecule has 0 amide bonds. The molecule has 1 aromatic rings. The molecule has 0 bridgehead atoms. The number of nitrogens with one attached hydrogen (secondary N) is 1. The first kappa shape index (κ1) is 17.0. The Balaban J connectivity index is 2.82. The number of hydrogen-bond acceptors (Lipinski definition) is 2. The summed E-state index contributed by atoms with van der Waals surface area (Å²) in [6.45, 7) is 16.6. The van der Waals surface area contributed by atoms with Gasteiger partial charge >= 0.3 is 0 Å². The fourth-order valence-electron chi connectivity index (χ4n) is 2.14. The van der Waals surface area contributed by atoms with Gasteiger partial charge in [0.05, 0.1) is 0 Å². The summed E-state index contributed by atoms with van der Waals surface area (Å²) in [7, 11) is 2.19. The predicted molar refractivity (Wildman–Crippen MR) is 90.5 cm³/mol. The van der Waals surface area contributed by atoms with Crippen molar-refractivity contribution in [2.45, 2.75) is 66.6 Å². The molecular weight excluding hydrogens is 244 g/mol. The number of rotatable bonds is 5. The zero-order valence-corrected chi connectivity index (χ0v) is 14.5. The fourth-order valence-corrected chi connectivity index (χ4v) is 2.14. The second-order valence-electron chi connectivity index (χ2n) is 7.31. The topological polar surface area (TPSA) is 15.3 Å². The summed E-state index contributed by atoms with van der Waals surface area (Å²) in [5.41, 5.74) is 4.22. The van der Waals surface area contributed by atoms with E-state index in [4.69, 9.17) is 0 Å². The van der Waals surface area contributed by atoms with Crippen LogP contribution >= 0.6 is 0 Å². The number of anilines is 1. The summed E-state index contributed by atoms with van der Waals surface area (Å²) < 4.78 is 0. The van der Waals surface area contributed by atoms with E-state index in [1.807, 2.05) is 0 Å². The van der Waals surface area contributed by atoms with Crippen LogP contribution in [0.5, 0.6) is 0 Å². The van der Waals surface area contributed by atoms with Crippen molar-refractivity contribution in [1.82, 2.24) is 5.32 Å². The van der Waals surface area contributed by atoms with E-state index in [-0.39, 0.29) is 5.54 Å². The molecule has 2 nitrogen and oxygen atoms in total. The van der Waals surface area contributed by atoms with Crippen LogP contribution in [0, 0.1) is 12.8 Å². The van der Waals surface area contributed by atoms with Gasteiger partial charge in [-0.3, -0.25) is 0 Å². The Kier molecular flexibility index (Phi) is 5.64. The van der Waals surface area contributed by atoms with E-state index >= 15 is 0 Å². The Morgan fingerprint density at radius 2 is 1.75 bits per heavy atom. The number of benzene rings is 1. The molecule has 0 saturated carbocycles. The van der Waals surface area contributed by atoms with Gasteiger partial charge in [-0.15, -0.1) is 0 Å². The first-order chi connectivity index (χ1) is 9.11. The van der Waals surface area contributed by atoms with Gasteiger partial charge in [-0.2, -0.15) is 0 Å². The molecule has 0 radical (unpaired) electrons. The summed E-state index contributed by atoms with van der Waals surface area (Å²) in [5.74, 6) is 0.655. The van der Waals surface area contributed by atoms with Crippen LogP contribution in [-0.2, 0) is 6.54 Å². The molecule has 0 saturated heterocycles. The highest BCUT2D eigenvalue weighted by atomic mass is 15.1. The van der Waals surface area contributed by atoms with Crippen LogP contribution < -0.4 is 10.2 Å². The van der Waals surface area contributed by atoms with Crippen molar-refractivity contribution in [2.24, 2.45) is 5.92 Å². The van der Waals surface area contributed by atoms with Gasteiger partial charge in [0.15, 0.2) is 0 Å². The molecule has 114 valence electrons. The minimum atomic E-state index is 0.161. The number of nitrogens with zero attached hydrogens (tertiary/aromatic N) is 1. The van der Waals surface area contributed by atoms with E-state index < -0.39 is 0 Å². The lowest BCUT2D eigenvalue weighted by molar-refractivity contribution is 0.424. The van der Waals surface area contributed by atoms with Gasteiger partial charge in [0.25, 0.3) is 0 Å². The van der Waals surface area contributed by atoms with Crippen molar-refractivity contribution >= 4 is 5.69 Å². The summed E-state index contributed by atoms with van der Waals surface area (Å²) in [6.07, 6.45) is 0. The average molecular weight is 276 g/mol. The van der Waals surface area contributed by atoms with E-state index in [0.717, 1.165) is 6.54 Å². The molecule has 1 atom stereocenters. The molecule has 20 heavy (non-hydrogen) atoms. The highest BCUT2D eigenvalue weighted by molar-refractivity contribution is 5.51. The monoisotopic (exact) mass is 276 g/mol. The lowest BCUT2D eigenvalue weighted by Crippen LogP contribution is -2.35. The molecule has 0 heterocycles. The third-order valence-corrected chi connectivity index (χ3v) is 4.12. The molecule has 1 N–H and O–H groups in total. The molecule has 1 unspecified atom stereocenters. The van der Waals surface area contributed by atoms with Gasteiger partial charge < -0.3 is 10.2 Å². The number of aryl methyl sites for hydroxylation is 1. The van der Waals surface area contributed by atoms with Crippen LogP contribution in [0.3, 0.4) is 0 Å². The molecule has 0 aliphatic carbocycles. The average Bonchev–Trinajstić information content (AvgIpc) is 2.34. The first-order valence-electron chi connectivity index (χ1n) is 7.69. The van der Waals surface area contributed by atoms with Crippen molar-refractivity contribution in [3.8, 4) is 0 Å². The standard InChI is InChI=1S/C18H32N2/c1-13(2)15(4)20(8)17-10-9-16(14(3)11-17)12-19-18(5,6)7/h9-11,13,15,19H,12H2,1-8H3. The van der Waals surface area contributed by atoms with Crippen LogP contribution in [0.4, 0.5) is 5.69 Å². The summed E-state index contributed by atoms with van der Waals surface area (Å²) >= 11 is 0. The minimum absolute atomic E-state index is 0.161. The van der Waals surface area contributed by atoms with Gasteiger partial charge in [-0.1, -0.05) is 19.9 Å². The van der Waals surface area contributed by atoms with Gasteiger partial charge in [0, 0.05) is 30.9 Å². The molecule has 0 aliphatic rings. The van der Waals surface area contributed by atoms with E-state index in [1.165, 1.54) is 16.8 Å². The maximum absolute atomic E-state index is 3.56. The maximum atomic E-state index is 3.56. The highest BCUT2D eigenvalue weighted by Gasteiger charge is 2.15. The lowest BCUT2D eigenvalue weighted by atomic mass is 10.0. The molecule has 1 rings (SSSR count). The van der Waals surface area contributed by atoms with E-state index in [2.05, 4.69) is 83.9 Å². The fraction of sp³-hybridized carbons (Fsp3) is 0.667. The molecule has 0 spiro atoms. The highest BCUT2D eigenvalue weighted by Crippen LogP contribution is 2.22. The number of hydrogen-bond donors (Lipinski definition) is 1. The predicted octanol–water partition coefficient (Wildman–Crippen LogP) is 4.36. The van der Waals surface area contributed by atoms with Crippen molar-refractivity contribution in [1.29, 1.82) is 0 Å². The molecule has 2 heteroatoms.